The minimum atomic E-state index is -0.199. The molecule has 0 atom stereocenters. The molecule has 0 heterocycles. The number of benzene rings is 2. The van der Waals surface area contributed by atoms with Crippen LogP contribution in [0.3, 0.4) is 0 Å². The summed E-state index contributed by atoms with van der Waals surface area (Å²) in [6.45, 7) is 0. The van der Waals surface area contributed by atoms with Crippen molar-refractivity contribution in [2.45, 2.75) is 0 Å². The summed E-state index contributed by atoms with van der Waals surface area (Å²) in [6.07, 6.45) is 1.08. The lowest BCUT2D eigenvalue weighted by Gasteiger charge is -1.95. The van der Waals surface area contributed by atoms with Crippen molar-refractivity contribution in [3.63, 3.8) is 0 Å². The molecule has 0 aliphatic rings. The van der Waals surface area contributed by atoms with Gasteiger partial charge in [-0.2, -0.15) is 0 Å². The number of aromatic hydroxyl groups is 4. The molecule has 0 aromatic heterocycles. The van der Waals surface area contributed by atoms with Crippen LogP contribution in [0.1, 0.15) is 20.7 Å². The molecule has 2 aromatic rings. The number of hydrogen-bond acceptors (Lipinski definition) is 6. The normalized spacial score (nSPS) is 9.20. The standard InChI is InChI=1S/2C7H6O3/c8-4-5-1-6(9)3-7(10)2-5;8-4-5-1-2-6(9)3-7(5)10/h2*1-4,9-10H. The number of carbonyl (C=O) groups excluding carboxylic acids is 2. The van der Waals surface area contributed by atoms with Crippen LogP contribution in [0.4, 0.5) is 0 Å². The number of rotatable bonds is 2. The van der Waals surface area contributed by atoms with E-state index in [4.69, 9.17) is 20.4 Å². The Kier molecular flexibility index (Phi) is 5.11. The molecule has 0 aliphatic carbocycles. The van der Waals surface area contributed by atoms with Crippen molar-refractivity contribution in [2.75, 3.05) is 0 Å². The lowest BCUT2D eigenvalue weighted by molar-refractivity contribution is 0.111. The van der Waals surface area contributed by atoms with E-state index in [-0.39, 0.29) is 34.1 Å². The molecular formula is C14H12O6. The molecular weight excluding hydrogens is 264 g/mol. The first-order valence-electron chi connectivity index (χ1n) is 5.41. The molecule has 0 unspecified atom stereocenters. The minimum absolute atomic E-state index is 0.0527. The van der Waals surface area contributed by atoms with Gasteiger partial charge in [0.1, 0.15) is 29.3 Å². The van der Waals surface area contributed by atoms with Crippen LogP contribution in [0, 0.1) is 0 Å². The van der Waals surface area contributed by atoms with Gasteiger partial charge in [0.25, 0.3) is 0 Å². The largest absolute Gasteiger partial charge is 0.508 e. The highest BCUT2D eigenvalue weighted by molar-refractivity contribution is 5.79. The molecule has 0 aliphatic heterocycles. The predicted molar refractivity (Wildman–Crippen MR) is 70.3 cm³/mol. The molecule has 0 saturated heterocycles. The number of aldehydes is 2. The molecule has 6 nitrogen and oxygen atoms in total. The Morgan fingerprint density at radius 1 is 0.700 bits per heavy atom. The first-order valence-corrected chi connectivity index (χ1v) is 5.41. The smallest absolute Gasteiger partial charge is 0.153 e. The average Bonchev–Trinajstić information content (AvgIpc) is 2.38. The van der Waals surface area contributed by atoms with E-state index in [2.05, 4.69) is 0 Å². The summed E-state index contributed by atoms with van der Waals surface area (Å²) < 4.78 is 0. The SMILES string of the molecule is O=Cc1cc(O)cc(O)c1.O=Cc1ccc(O)cc1O. The summed E-state index contributed by atoms with van der Waals surface area (Å²) in [5, 5.41) is 35.3. The number of phenolic OH excluding ortho intramolecular Hbond substituents is 4. The van der Waals surface area contributed by atoms with Crippen molar-refractivity contribution < 1.29 is 30.0 Å². The molecule has 6 heteroatoms. The van der Waals surface area contributed by atoms with E-state index in [1.807, 2.05) is 0 Å². The number of carbonyl (C=O) groups is 2. The fraction of sp³-hybridized carbons (Fsp3) is 0. The van der Waals surface area contributed by atoms with Crippen molar-refractivity contribution >= 4 is 12.6 Å². The summed E-state index contributed by atoms with van der Waals surface area (Å²) in [5.74, 6) is -0.470. The predicted octanol–water partition coefficient (Wildman–Crippen LogP) is 1.82. The highest BCUT2D eigenvalue weighted by atomic mass is 16.3. The highest BCUT2D eigenvalue weighted by Gasteiger charge is 1.98. The molecule has 104 valence electrons. The average molecular weight is 276 g/mol. The summed E-state index contributed by atoms with van der Waals surface area (Å²) in [6, 6.07) is 7.50. The monoisotopic (exact) mass is 276 g/mol. The third-order valence-corrected chi connectivity index (χ3v) is 2.20. The van der Waals surface area contributed by atoms with Gasteiger partial charge in [-0.1, -0.05) is 0 Å². The zero-order valence-electron chi connectivity index (χ0n) is 10.2. The van der Waals surface area contributed by atoms with Crippen molar-refractivity contribution in [1.29, 1.82) is 0 Å². The lowest BCUT2D eigenvalue weighted by Crippen LogP contribution is -1.78. The zero-order valence-corrected chi connectivity index (χ0v) is 10.2. The molecule has 2 rings (SSSR count). The van der Waals surface area contributed by atoms with E-state index in [0.717, 1.165) is 12.1 Å². The van der Waals surface area contributed by atoms with Gasteiger partial charge in [0, 0.05) is 17.7 Å². The van der Waals surface area contributed by atoms with Gasteiger partial charge < -0.3 is 20.4 Å². The topological polar surface area (TPSA) is 115 Å². The lowest BCUT2D eigenvalue weighted by atomic mass is 10.2. The van der Waals surface area contributed by atoms with Gasteiger partial charge in [-0.25, -0.2) is 0 Å². The maximum Gasteiger partial charge on any atom is 0.153 e. The van der Waals surface area contributed by atoms with Gasteiger partial charge in [0.15, 0.2) is 6.29 Å². The van der Waals surface area contributed by atoms with Crippen LogP contribution in [0.25, 0.3) is 0 Å². The first kappa shape index (κ1) is 15.0. The Hall–Kier alpha value is -3.02. The quantitative estimate of drug-likeness (QED) is 0.622. The van der Waals surface area contributed by atoms with E-state index in [9.17, 15) is 9.59 Å². The molecule has 0 spiro atoms. The van der Waals surface area contributed by atoms with Gasteiger partial charge in [0.05, 0.1) is 5.56 Å². The molecule has 0 radical (unpaired) electrons. The Labute approximate surface area is 114 Å². The van der Waals surface area contributed by atoms with Gasteiger partial charge in [-0.05, 0) is 24.3 Å². The van der Waals surface area contributed by atoms with Gasteiger partial charge in [-0.3, -0.25) is 9.59 Å². The van der Waals surface area contributed by atoms with E-state index < -0.39 is 0 Å². The maximum atomic E-state index is 10.1. The zero-order chi connectivity index (χ0) is 15.1. The number of hydrogen-bond donors (Lipinski definition) is 4. The second-order valence-corrected chi connectivity index (χ2v) is 3.76. The summed E-state index contributed by atoms with van der Waals surface area (Å²) in [7, 11) is 0. The number of phenols is 4. The van der Waals surface area contributed by atoms with Crippen molar-refractivity contribution in [3.05, 3.63) is 47.5 Å². The van der Waals surface area contributed by atoms with Gasteiger partial charge in [0.2, 0.25) is 0 Å². The van der Waals surface area contributed by atoms with Crippen molar-refractivity contribution in [2.24, 2.45) is 0 Å². The summed E-state index contributed by atoms with van der Waals surface area (Å²) >= 11 is 0. The minimum Gasteiger partial charge on any atom is -0.508 e. The Morgan fingerprint density at radius 2 is 1.30 bits per heavy atom. The Morgan fingerprint density at radius 3 is 1.75 bits per heavy atom. The summed E-state index contributed by atoms with van der Waals surface area (Å²) in [4.78, 5) is 20.2. The van der Waals surface area contributed by atoms with E-state index in [1.165, 1.54) is 24.3 Å². The van der Waals surface area contributed by atoms with Crippen LogP contribution in [-0.2, 0) is 0 Å². The molecule has 4 N–H and O–H groups in total. The first-order chi connectivity index (χ1) is 9.46. The van der Waals surface area contributed by atoms with E-state index >= 15 is 0 Å². The van der Waals surface area contributed by atoms with Crippen LogP contribution in [0.2, 0.25) is 0 Å². The third-order valence-electron chi connectivity index (χ3n) is 2.20. The van der Waals surface area contributed by atoms with Gasteiger partial charge in [-0.15, -0.1) is 0 Å². The van der Waals surface area contributed by atoms with Crippen LogP contribution in [0.5, 0.6) is 23.0 Å². The molecule has 20 heavy (non-hydrogen) atoms. The maximum absolute atomic E-state index is 10.1. The molecule has 0 amide bonds. The third kappa shape index (κ3) is 4.34. The second kappa shape index (κ2) is 6.79. The fourth-order valence-electron chi connectivity index (χ4n) is 1.32. The van der Waals surface area contributed by atoms with Crippen LogP contribution >= 0.6 is 0 Å². The Balaban J connectivity index is 0.000000200. The van der Waals surface area contributed by atoms with Crippen LogP contribution in [-0.4, -0.2) is 33.0 Å². The van der Waals surface area contributed by atoms with Gasteiger partial charge >= 0.3 is 0 Å². The van der Waals surface area contributed by atoms with E-state index in [1.54, 1.807) is 0 Å². The van der Waals surface area contributed by atoms with Crippen LogP contribution in [0.15, 0.2) is 36.4 Å². The van der Waals surface area contributed by atoms with Crippen molar-refractivity contribution in [1.82, 2.24) is 0 Å². The fourth-order valence-corrected chi connectivity index (χ4v) is 1.32. The summed E-state index contributed by atoms with van der Waals surface area (Å²) in [5.41, 5.74) is 0.440. The Bertz CT molecular complexity index is 601. The second-order valence-electron chi connectivity index (χ2n) is 3.76. The molecule has 0 saturated carbocycles. The highest BCUT2D eigenvalue weighted by Crippen LogP contribution is 2.20. The molecule has 2 aromatic carbocycles. The van der Waals surface area contributed by atoms with Crippen LogP contribution < -0.4 is 0 Å². The van der Waals surface area contributed by atoms with Crippen molar-refractivity contribution in [3.8, 4) is 23.0 Å². The molecule has 0 fully saturated rings. The van der Waals surface area contributed by atoms with E-state index in [0.29, 0.717) is 12.6 Å². The molecule has 0 bridgehead atoms.